The molecule has 35 heavy (non-hydrogen) atoms. The maximum Gasteiger partial charge on any atom is 0.325 e. The predicted octanol–water partition coefficient (Wildman–Crippen LogP) is 5.16. The van der Waals surface area contributed by atoms with Gasteiger partial charge in [-0.1, -0.05) is 77.3 Å². The molecule has 9 heteroatoms. The minimum Gasteiger partial charge on any atom is -0.480 e. The third-order valence-corrected chi connectivity index (χ3v) is 7.53. The highest BCUT2D eigenvalue weighted by molar-refractivity contribution is 6.38. The van der Waals surface area contributed by atoms with Crippen LogP contribution >= 0.6 is 34.8 Å². The molecule has 0 unspecified atom stereocenters. The Morgan fingerprint density at radius 3 is 2.20 bits per heavy atom. The van der Waals surface area contributed by atoms with Crippen LogP contribution < -0.4 is 10.2 Å². The van der Waals surface area contributed by atoms with Crippen LogP contribution in [0.5, 0.6) is 0 Å². The van der Waals surface area contributed by atoms with Crippen LogP contribution in [0.1, 0.15) is 17.2 Å². The van der Waals surface area contributed by atoms with Gasteiger partial charge < -0.3 is 5.11 Å². The van der Waals surface area contributed by atoms with Gasteiger partial charge in [0, 0.05) is 22.5 Å². The number of carboxylic acid groups (broad SMARTS) is 1. The Kier molecular flexibility index (Phi) is 6.09. The molecule has 178 valence electrons. The van der Waals surface area contributed by atoms with Gasteiger partial charge in [-0.15, -0.1) is 0 Å². The van der Waals surface area contributed by atoms with Crippen LogP contribution in [0.4, 0.5) is 5.69 Å². The summed E-state index contributed by atoms with van der Waals surface area (Å²) in [6.45, 7) is 0. The van der Waals surface area contributed by atoms with Gasteiger partial charge in [0.15, 0.2) is 0 Å². The van der Waals surface area contributed by atoms with Gasteiger partial charge in [0.2, 0.25) is 11.8 Å². The molecule has 2 amide bonds. The molecule has 2 fully saturated rings. The summed E-state index contributed by atoms with van der Waals surface area (Å²) in [7, 11) is 0. The summed E-state index contributed by atoms with van der Waals surface area (Å²) < 4.78 is 0. The Labute approximate surface area is 216 Å². The van der Waals surface area contributed by atoms with Crippen LogP contribution in [0.15, 0.2) is 72.8 Å². The predicted molar refractivity (Wildman–Crippen MR) is 134 cm³/mol. The molecule has 2 aliphatic rings. The molecule has 3 aromatic carbocycles. The van der Waals surface area contributed by atoms with Gasteiger partial charge in [-0.3, -0.25) is 19.7 Å². The zero-order valence-electron chi connectivity index (χ0n) is 18.1. The van der Waals surface area contributed by atoms with Crippen LogP contribution in [0.2, 0.25) is 15.1 Å². The third kappa shape index (κ3) is 3.91. The van der Waals surface area contributed by atoms with Crippen LogP contribution in [-0.4, -0.2) is 28.4 Å². The SMILES string of the molecule is O=C1[C@H]2[C@@H](C(=O)N1c1ccc(Cl)cc1Cl)[C@@](Cc1ccccc1)(C(=O)O)N[C@H]2c1ccc(Cl)cc1. The van der Waals surface area contributed by atoms with E-state index >= 15 is 0 Å². The number of halogens is 3. The topological polar surface area (TPSA) is 86.7 Å². The number of benzene rings is 3. The molecule has 2 saturated heterocycles. The lowest BCUT2D eigenvalue weighted by atomic mass is 9.76. The lowest BCUT2D eigenvalue weighted by Crippen LogP contribution is -2.57. The molecule has 0 spiro atoms. The second-order valence-corrected chi connectivity index (χ2v) is 10.0. The summed E-state index contributed by atoms with van der Waals surface area (Å²) in [5.41, 5.74) is -0.169. The number of hydrogen-bond acceptors (Lipinski definition) is 4. The van der Waals surface area contributed by atoms with E-state index in [4.69, 9.17) is 34.8 Å². The fourth-order valence-corrected chi connectivity index (χ4v) is 5.83. The Balaban J connectivity index is 1.67. The van der Waals surface area contributed by atoms with Gasteiger partial charge in [0.25, 0.3) is 0 Å². The minimum absolute atomic E-state index is 0.00956. The average Bonchev–Trinajstić information content (AvgIpc) is 3.30. The highest BCUT2D eigenvalue weighted by Crippen LogP contribution is 2.51. The third-order valence-electron chi connectivity index (χ3n) is 6.74. The molecule has 0 aliphatic carbocycles. The van der Waals surface area contributed by atoms with Crippen molar-refractivity contribution in [2.75, 3.05) is 4.90 Å². The summed E-state index contributed by atoms with van der Waals surface area (Å²) >= 11 is 18.4. The smallest absolute Gasteiger partial charge is 0.325 e. The zero-order valence-corrected chi connectivity index (χ0v) is 20.4. The molecule has 0 aromatic heterocycles. The van der Waals surface area contributed by atoms with Crippen LogP contribution in [0.3, 0.4) is 0 Å². The van der Waals surface area contributed by atoms with Crippen molar-refractivity contribution >= 4 is 58.3 Å². The van der Waals surface area contributed by atoms with E-state index in [9.17, 15) is 19.5 Å². The van der Waals surface area contributed by atoms with Crippen LogP contribution in [0.25, 0.3) is 0 Å². The summed E-state index contributed by atoms with van der Waals surface area (Å²) in [6.07, 6.45) is 0.00956. The lowest BCUT2D eigenvalue weighted by molar-refractivity contribution is -0.148. The standard InChI is InChI=1S/C26H19Cl3N2O4/c27-16-8-6-15(7-9-16)22-20-21(26(30-22,25(34)35)13-14-4-2-1-3-5-14)24(33)31(23(20)32)19-11-10-17(28)12-18(19)29/h1-12,20-22,30H,13H2,(H,34,35)/t20-,21-,22-,26-/m0/s1. The number of amides is 2. The monoisotopic (exact) mass is 528 g/mol. The first kappa shape index (κ1) is 23.8. The van der Waals surface area contributed by atoms with E-state index < -0.39 is 41.2 Å². The normalized spacial score (nSPS) is 25.7. The molecule has 2 N–H and O–H groups in total. The number of hydrogen-bond donors (Lipinski definition) is 2. The van der Waals surface area contributed by atoms with E-state index in [0.29, 0.717) is 15.6 Å². The summed E-state index contributed by atoms with van der Waals surface area (Å²) in [5, 5.41) is 14.7. The zero-order chi connectivity index (χ0) is 24.9. The molecule has 0 radical (unpaired) electrons. The van der Waals surface area contributed by atoms with Gasteiger partial charge in [-0.2, -0.15) is 0 Å². The molecular weight excluding hydrogens is 511 g/mol. The van der Waals surface area contributed by atoms with Gasteiger partial charge in [0.05, 0.1) is 22.5 Å². The molecule has 2 aliphatic heterocycles. The number of carbonyl (C=O) groups is 3. The van der Waals surface area contributed by atoms with Gasteiger partial charge in [-0.25, -0.2) is 4.90 Å². The lowest BCUT2D eigenvalue weighted by Gasteiger charge is -2.31. The number of anilines is 1. The molecule has 5 rings (SSSR count). The Morgan fingerprint density at radius 2 is 1.57 bits per heavy atom. The largest absolute Gasteiger partial charge is 0.480 e. The van der Waals surface area contributed by atoms with Crippen LogP contribution in [-0.2, 0) is 20.8 Å². The number of imide groups is 1. The first-order valence-electron chi connectivity index (χ1n) is 10.9. The van der Waals surface area contributed by atoms with Gasteiger partial charge >= 0.3 is 5.97 Å². The fourth-order valence-electron chi connectivity index (χ4n) is 5.21. The summed E-state index contributed by atoms with van der Waals surface area (Å²) in [6, 6.07) is 19.5. The minimum atomic E-state index is -1.73. The molecule has 2 heterocycles. The molecular formula is C26H19Cl3N2O4. The molecule has 3 aromatic rings. The molecule has 0 bridgehead atoms. The first-order valence-corrected chi connectivity index (χ1v) is 12.0. The highest BCUT2D eigenvalue weighted by Gasteiger charge is 2.68. The quantitative estimate of drug-likeness (QED) is 0.446. The Hall–Kier alpha value is -2.90. The Bertz CT molecular complexity index is 1330. The van der Waals surface area contributed by atoms with Gasteiger partial charge in [0.1, 0.15) is 5.54 Å². The average molecular weight is 530 g/mol. The number of nitrogens with zero attached hydrogens (tertiary/aromatic N) is 1. The maximum atomic E-state index is 13.9. The number of nitrogens with one attached hydrogen (secondary N) is 1. The number of carbonyl (C=O) groups excluding carboxylic acids is 2. The number of aliphatic carboxylic acids is 1. The second-order valence-electron chi connectivity index (χ2n) is 8.72. The van der Waals surface area contributed by atoms with Crippen molar-refractivity contribution in [2.24, 2.45) is 11.8 Å². The van der Waals surface area contributed by atoms with E-state index in [-0.39, 0.29) is 17.1 Å². The summed E-state index contributed by atoms with van der Waals surface area (Å²) in [4.78, 5) is 41.6. The fraction of sp³-hybridized carbons (Fsp3) is 0.192. The maximum absolute atomic E-state index is 13.9. The molecule has 0 saturated carbocycles. The number of carboxylic acids is 1. The van der Waals surface area contributed by atoms with Crippen molar-refractivity contribution < 1.29 is 19.5 Å². The van der Waals surface area contributed by atoms with E-state index in [1.54, 1.807) is 48.5 Å². The molecule has 6 nitrogen and oxygen atoms in total. The van der Waals surface area contributed by atoms with Gasteiger partial charge in [-0.05, 0) is 41.5 Å². The van der Waals surface area contributed by atoms with Crippen LogP contribution in [0, 0.1) is 11.8 Å². The van der Waals surface area contributed by atoms with E-state index in [2.05, 4.69) is 5.32 Å². The number of fused-ring (bicyclic) bond motifs is 1. The van der Waals surface area contributed by atoms with Crippen molar-refractivity contribution in [1.82, 2.24) is 5.32 Å². The first-order chi connectivity index (χ1) is 16.7. The second kappa shape index (κ2) is 8.95. The van der Waals surface area contributed by atoms with E-state index in [0.717, 1.165) is 10.5 Å². The molecule has 4 atom stereocenters. The van der Waals surface area contributed by atoms with Crippen molar-refractivity contribution in [1.29, 1.82) is 0 Å². The Morgan fingerprint density at radius 1 is 0.914 bits per heavy atom. The van der Waals surface area contributed by atoms with Crippen molar-refractivity contribution in [2.45, 2.75) is 18.0 Å². The number of rotatable bonds is 5. The van der Waals surface area contributed by atoms with E-state index in [1.165, 1.54) is 18.2 Å². The van der Waals surface area contributed by atoms with E-state index in [1.807, 2.05) is 6.07 Å². The van der Waals surface area contributed by atoms with Crippen molar-refractivity contribution in [3.8, 4) is 0 Å². The van der Waals surface area contributed by atoms with Crippen molar-refractivity contribution in [3.63, 3.8) is 0 Å². The summed E-state index contributed by atoms with van der Waals surface area (Å²) in [5.74, 6) is -4.48. The van der Waals surface area contributed by atoms with Crippen molar-refractivity contribution in [3.05, 3.63) is 99.0 Å². The highest BCUT2D eigenvalue weighted by atomic mass is 35.5.